The summed E-state index contributed by atoms with van der Waals surface area (Å²) in [5, 5.41) is 3.31. The predicted molar refractivity (Wildman–Crippen MR) is 80.3 cm³/mol. The smallest absolute Gasteiger partial charge is 0.168 e. The van der Waals surface area contributed by atoms with Crippen LogP contribution in [0.5, 0.6) is 0 Å². The number of nitrogens with one attached hydrogen (secondary N) is 1. The molecule has 0 spiro atoms. The molecule has 102 valence electrons. The number of anilines is 1. The maximum Gasteiger partial charge on any atom is 0.168 e. The summed E-state index contributed by atoms with van der Waals surface area (Å²) in [4.78, 5) is 16.7. The zero-order chi connectivity index (χ0) is 13.9. The van der Waals surface area contributed by atoms with Gasteiger partial charge in [0.05, 0.1) is 6.42 Å². The number of hydrogen-bond donors (Lipinski definition) is 1. The molecule has 0 radical (unpaired) electrons. The fourth-order valence-electron chi connectivity index (χ4n) is 2.50. The van der Waals surface area contributed by atoms with Crippen LogP contribution >= 0.6 is 0 Å². The molecule has 20 heavy (non-hydrogen) atoms. The first-order valence-corrected chi connectivity index (χ1v) is 7.10. The van der Waals surface area contributed by atoms with Gasteiger partial charge in [0.15, 0.2) is 5.78 Å². The van der Waals surface area contributed by atoms with Crippen LogP contribution in [0.4, 0.5) is 5.69 Å². The van der Waals surface area contributed by atoms with Crippen molar-refractivity contribution < 1.29 is 4.79 Å². The van der Waals surface area contributed by atoms with E-state index in [2.05, 4.69) is 23.3 Å². The quantitative estimate of drug-likeness (QED) is 0.865. The summed E-state index contributed by atoms with van der Waals surface area (Å²) in [6.45, 7) is 3.06. The van der Waals surface area contributed by atoms with Crippen molar-refractivity contribution in [2.45, 2.75) is 26.2 Å². The number of carbonyl (C=O) groups excluding carboxylic acids is 1. The number of hydrogen-bond acceptors (Lipinski definition) is 3. The van der Waals surface area contributed by atoms with Crippen LogP contribution in [0, 0.1) is 0 Å². The van der Waals surface area contributed by atoms with Gasteiger partial charge in [0, 0.05) is 29.7 Å². The van der Waals surface area contributed by atoms with Gasteiger partial charge in [-0.25, -0.2) is 0 Å². The summed E-state index contributed by atoms with van der Waals surface area (Å²) in [7, 11) is 0. The van der Waals surface area contributed by atoms with E-state index in [0.717, 1.165) is 36.3 Å². The Balaban J connectivity index is 1.75. The van der Waals surface area contributed by atoms with Crippen molar-refractivity contribution in [3.63, 3.8) is 0 Å². The second-order valence-electron chi connectivity index (χ2n) is 5.16. The van der Waals surface area contributed by atoms with Crippen molar-refractivity contribution in [2.75, 3.05) is 11.9 Å². The van der Waals surface area contributed by atoms with Gasteiger partial charge in [-0.15, -0.1) is 0 Å². The number of carbonyl (C=O) groups is 1. The Kier molecular flexibility index (Phi) is 3.50. The number of Topliss-reactive ketones (excluding diaryl/α,β-unsaturated/α-hetero) is 1. The van der Waals surface area contributed by atoms with Crippen molar-refractivity contribution in [2.24, 2.45) is 0 Å². The van der Waals surface area contributed by atoms with Crippen molar-refractivity contribution >= 4 is 11.5 Å². The van der Waals surface area contributed by atoms with Crippen LogP contribution in [-0.2, 0) is 19.3 Å². The molecule has 0 saturated carbocycles. The molecule has 0 fully saturated rings. The summed E-state index contributed by atoms with van der Waals surface area (Å²) in [6, 6.07) is 9.93. The Morgan fingerprint density at radius 2 is 2.20 bits per heavy atom. The van der Waals surface area contributed by atoms with Gasteiger partial charge in [-0.1, -0.05) is 25.1 Å². The van der Waals surface area contributed by atoms with Crippen LogP contribution in [0.25, 0.3) is 0 Å². The van der Waals surface area contributed by atoms with Crippen LogP contribution in [0.1, 0.15) is 34.1 Å². The van der Waals surface area contributed by atoms with Crippen LogP contribution in [-0.4, -0.2) is 17.3 Å². The Labute approximate surface area is 119 Å². The van der Waals surface area contributed by atoms with Gasteiger partial charge in [-0.3, -0.25) is 9.78 Å². The van der Waals surface area contributed by atoms with E-state index in [1.54, 1.807) is 0 Å². The number of pyridine rings is 1. The molecule has 0 unspecified atom stereocenters. The summed E-state index contributed by atoms with van der Waals surface area (Å²) in [5.41, 5.74) is 5.19. The molecule has 0 amide bonds. The van der Waals surface area contributed by atoms with E-state index in [0.29, 0.717) is 6.42 Å². The molecule has 3 rings (SSSR count). The number of aromatic nitrogens is 1. The SMILES string of the molecule is CCc1ccc(CC(=O)c2ccc3c(c2)NCC3)nc1. The monoisotopic (exact) mass is 266 g/mol. The highest BCUT2D eigenvalue weighted by atomic mass is 16.1. The number of fused-ring (bicyclic) bond motifs is 1. The molecule has 2 heterocycles. The van der Waals surface area contributed by atoms with Crippen molar-refractivity contribution in [3.05, 3.63) is 58.9 Å². The maximum atomic E-state index is 12.3. The van der Waals surface area contributed by atoms with Crippen LogP contribution in [0.15, 0.2) is 36.5 Å². The van der Waals surface area contributed by atoms with E-state index in [9.17, 15) is 4.79 Å². The number of ketones is 1. The molecule has 3 nitrogen and oxygen atoms in total. The highest BCUT2D eigenvalue weighted by Crippen LogP contribution is 2.23. The minimum absolute atomic E-state index is 0.123. The zero-order valence-electron chi connectivity index (χ0n) is 11.6. The number of rotatable bonds is 4. The first-order chi connectivity index (χ1) is 9.76. The molecule has 0 saturated heterocycles. The third-order valence-corrected chi connectivity index (χ3v) is 3.78. The Hall–Kier alpha value is -2.16. The lowest BCUT2D eigenvalue weighted by Crippen LogP contribution is -2.05. The van der Waals surface area contributed by atoms with Crippen molar-refractivity contribution in [1.29, 1.82) is 0 Å². The van der Waals surface area contributed by atoms with E-state index in [4.69, 9.17) is 0 Å². The molecular weight excluding hydrogens is 248 g/mol. The van der Waals surface area contributed by atoms with Crippen molar-refractivity contribution in [1.82, 2.24) is 4.98 Å². The third kappa shape index (κ3) is 2.57. The Morgan fingerprint density at radius 3 is 2.95 bits per heavy atom. The average molecular weight is 266 g/mol. The fourth-order valence-corrected chi connectivity index (χ4v) is 2.50. The minimum atomic E-state index is 0.123. The first-order valence-electron chi connectivity index (χ1n) is 7.10. The number of nitrogens with zero attached hydrogens (tertiary/aromatic N) is 1. The highest BCUT2D eigenvalue weighted by Gasteiger charge is 2.14. The molecule has 2 aromatic rings. The number of aryl methyl sites for hydroxylation is 1. The van der Waals surface area contributed by atoms with E-state index < -0.39 is 0 Å². The molecule has 1 aliphatic rings. The summed E-state index contributed by atoms with van der Waals surface area (Å²) in [5.74, 6) is 0.123. The van der Waals surface area contributed by atoms with Crippen LogP contribution in [0.3, 0.4) is 0 Å². The minimum Gasteiger partial charge on any atom is -0.384 e. The molecule has 1 N–H and O–H groups in total. The molecule has 0 atom stereocenters. The largest absolute Gasteiger partial charge is 0.384 e. The lowest BCUT2D eigenvalue weighted by atomic mass is 10.0. The molecule has 0 bridgehead atoms. The molecule has 3 heteroatoms. The normalized spacial score (nSPS) is 12.8. The average Bonchev–Trinajstić information content (AvgIpc) is 2.95. The van der Waals surface area contributed by atoms with E-state index in [1.165, 1.54) is 11.1 Å². The number of benzene rings is 1. The second-order valence-corrected chi connectivity index (χ2v) is 5.16. The van der Waals surface area contributed by atoms with E-state index in [1.807, 2.05) is 30.5 Å². The Bertz CT molecular complexity index is 632. The fraction of sp³-hybridized carbons (Fsp3) is 0.294. The molecule has 1 aromatic carbocycles. The van der Waals surface area contributed by atoms with Gasteiger partial charge in [0.1, 0.15) is 0 Å². The molecule has 1 aromatic heterocycles. The third-order valence-electron chi connectivity index (χ3n) is 3.78. The molecular formula is C17H18N2O. The van der Waals surface area contributed by atoms with Gasteiger partial charge < -0.3 is 5.32 Å². The molecule has 0 aliphatic carbocycles. The first kappa shape index (κ1) is 12.9. The summed E-state index contributed by atoms with van der Waals surface area (Å²) < 4.78 is 0. The summed E-state index contributed by atoms with van der Waals surface area (Å²) >= 11 is 0. The highest BCUT2D eigenvalue weighted by molar-refractivity contribution is 5.98. The Morgan fingerprint density at radius 1 is 1.30 bits per heavy atom. The van der Waals surface area contributed by atoms with E-state index in [-0.39, 0.29) is 5.78 Å². The van der Waals surface area contributed by atoms with Crippen LogP contribution < -0.4 is 5.32 Å². The van der Waals surface area contributed by atoms with E-state index >= 15 is 0 Å². The van der Waals surface area contributed by atoms with Gasteiger partial charge in [-0.05, 0) is 36.1 Å². The standard InChI is InChI=1S/C17H18N2O/c1-2-12-3-6-15(19-11-12)10-17(20)14-5-4-13-7-8-18-16(13)9-14/h3-6,9,11,18H,2,7-8,10H2,1H3. The summed E-state index contributed by atoms with van der Waals surface area (Å²) in [6.07, 6.45) is 4.23. The second kappa shape index (κ2) is 5.45. The topological polar surface area (TPSA) is 42.0 Å². The zero-order valence-corrected chi connectivity index (χ0v) is 11.6. The van der Waals surface area contributed by atoms with Gasteiger partial charge in [0.25, 0.3) is 0 Å². The lowest BCUT2D eigenvalue weighted by molar-refractivity contribution is 0.0992. The van der Waals surface area contributed by atoms with Gasteiger partial charge in [0.2, 0.25) is 0 Å². The van der Waals surface area contributed by atoms with Crippen LogP contribution in [0.2, 0.25) is 0 Å². The molecule has 1 aliphatic heterocycles. The lowest BCUT2D eigenvalue weighted by Gasteiger charge is -2.05. The van der Waals surface area contributed by atoms with Crippen molar-refractivity contribution in [3.8, 4) is 0 Å². The predicted octanol–water partition coefficient (Wildman–Crippen LogP) is 3.04. The van der Waals surface area contributed by atoms with Gasteiger partial charge >= 0.3 is 0 Å². The maximum absolute atomic E-state index is 12.3. The van der Waals surface area contributed by atoms with Gasteiger partial charge in [-0.2, -0.15) is 0 Å².